The summed E-state index contributed by atoms with van der Waals surface area (Å²) in [5, 5.41) is 4.97. The zero-order chi connectivity index (χ0) is 16.0. The molecule has 0 aromatic heterocycles. The Morgan fingerprint density at radius 2 is 2.09 bits per heavy atom. The number of benzene rings is 1. The van der Waals surface area contributed by atoms with Gasteiger partial charge in [-0.2, -0.15) is 0 Å². The van der Waals surface area contributed by atoms with Gasteiger partial charge >= 0.3 is 6.03 Å². The van der Waals surface area contributed by atoms with Crippen molar-refractivity contribution in [1.82, 2.24) is 15.5 Å². The fourth-order valence-corrected chi connectivity index (χ4v) is 4.04. The average molecular weight is 313 g/mol. The number of imide groups is 1. The van der Waals surface area contributed by atoms with Crippen LogP contribution in [0.4, 0.5) is 4.79 Å². The minimum atomic E-state index is -0.930. The molecule has 23 heavy (non-hydrogen) atoms. The predicted octanol–water partition coefficient (Wildman–Crippen LogP) is 0.917. The molecular formula is C17H19N3O3. The van der Waals surface area contributed by atoms with Crippen molar-refractivity contribution >= 4 is 17.8 Å². The number of aryl methyl sites for hydroxylation is 1. The maximum Gasteiger partial charge on any atom is 0.322 e. The van der Waals surface area contributed by atoms with Crippen LogP contribution in [-0.4, -0.2) is 41.4 Å². The van der Waals surface area contributed by atoms with Gasteiger partial charge in [0.15, 0.2) is 0 Å². The molecule has 2 N–H and O–H groups in total. The summed E-state index contributed by atoms with van der Waals surface area (Å²) >= 11 is 0. The number of carbonyl (C=O) groups excluding carboxylic acids is 3. The lowest BCUT2D eigenvalue weighted by molar-refractivity contribution is -0.132. The van der Waals surface area contributed by atoms with Crippen LogP contribution in [0.15, 0.2) is 24.3 Å². The highest BCUT2D eigenvalue weighted by atomic mass is 16.2. The van der Waals surface area contributed by atoms with E-state index in [-0.39, 0.29) is 24.3 Å². The molecule has 2 aliphatic heterocycles. The Morgan fingerprint density at radius 3 is 2.87 bits per heavy atom. The molecule has 0 radical (unpaired) electrons. The second-order valence-corrected chi connectivity index (χ2v) is 6.64. The normalized spacial score (nSPS) is 29.4. The minimum absolute atomic E-state index is 0.0722. The van der Waals surface area contributed by atoms with Crippen molar-refractivity contribution in [3.8, 4) is 0 Å². The fourth-order valence-electron chi connectivity index (χ4n) is 4.04. The number of rotatable bonds is 1. The van der Waals surface area contributed by atoms with E-state index in [0.29, 0.717) is 13.0 Å². The van der Waals surface area contributed by atoms with Crippen LogP contribution in [-0.2, 0) is 16.0 Å². The number of nitrogens with one attached hydrogen (secondary N) is 2. The van der Waals surface area contributed by atoms with Crippen molar-refractivity contribution in [2.75, 3.05) is 13.1 Å². The van der Waals surface area contributed by atoms with Gasteiger partial charge in [-0.05, 0) is 36.8 Å². The molecule has 2 fully saturated rings. The summed E-state index contributed by atoms with van der Waals surface area (Å²) < 4.78 is 0. The Balaban J connectivity index is 1.55. The number of fused-ring (bicyclic) bond motifs is 1. The van der Waals surface area contributed by atoms with Crippen molar-refractivity contribution in [1.29, 1.82) is 0 Å². The van der Waals surface area contributed by atoms with E-state index < -0.39 is 11.6 Å². The summed E-state index contributed by atoms with van der Waals surface area (Å²) in [4.78, 5) is 38.1. The van der Waals surface area contributed by atoms with Crippen LogP contribution in [0.25, 0.3) is 0 Å². The molecule has 2 heterocycles. The molecule has 1 aromatic carbocycles. The fraction of sp³-hybridized carbons (Fsp3) is 0.471. The van der Waals surface area contributed by atoms with E-state index in [9.17, 15) is 14.4 Å². The Morgan fingerprint density at radius 1 is 1.26 bits per heavy atom. The molecular weight excluding hydrogens is 294 g/mol. The third-order valence-electron chi connectivity index (χ3n) is 5.26. The van der Waals surface area contributed by atoms with Crippen molar-refractivity contribution in [2.24, 2.45) is 0 Å². The molecule has 4 rings (SSSR count). The highest BCUT2D eigenvalue weighted by Crippen LogP contribution is 2.35. The lowest BCUT2D eigenvalue weighted by Gasteiger charge is -2.29. The van der Waals surface area contributed by atoms with Gasteiger partial charge in [-0.15, -0.1) is 0 Å². The SMILES string of the molecule is O=C1NC(=O)C2(CCN(C(=O)[C@H]3CCCc4ccccc43)C2)N1. The first-order valence-corrected chi connectivity index (χ1v) is 8.09. The molecule has 120 valence electrons. The maximum atomic E-state index is 13.0. The van der Waals surface area contributed by atoms with Gasteiger partial charge in [-0.25, -0.2) is 4.79 Å². The smallest absolute Gasteiger partial charge is 0.322 e. The third-order valence-corrected chi connectivity index (χ3v) is 5.26. The lowest BCUT2D eigenvalue weighted by Crippen LogP contribution is -2.50. The summed E-state index contributed by atoms with van der Waals surface area (Å²) in [5.41, 5.74) is 1.43. The van der Waals surface area contributed by atoms with Crippen molar-refractivity contribution in [3.05, 3.63) is 35.4 Å². The molecule has 0 saturated carbocycles. The summed E-state index contributed by atoms with van der Waals surface area (Å²) in [6.45, 7) is 0.771. The zero-order valence-electron chi connectivity index (χ0n) is 12.8. The first kappa shape index (κ1) is 14.2. The lowest BCUT2D eigenvalue weighted by atomic mass is 9.82. The van der Waals surface area contributed by atoms with Gasteiger partial charge in [0, 0.05) is 6.54 Å². The number of carbonyl (C=O) groups is 3. The van der Waals surface area contributed by atoms with E-state index in [1.807, 2.05) is 18.2 Å². The van der Waals surface area contributed by atoms with Crippen LogP contribution in [0.5, 0.6) is 0 Å². The average Bonchev–Trinajstić information content (AvgIpc) is 3.10. The Bertz CT molecular complexity index is 702. The molecule has 2 saturated heterocycles. The predicted molar refractivity (Wildman–Crippen MR) is 82.7 cm³/mol. The van der Waals surface area contributed by atoms with E-state index in [2.05, 4.69) is 16.7 Å². The monoisotopic (exact) mass is 313 g/mol. The highest BCUT2D eigenvalue weighted by molar-refractivity contribution is 6.07. The molecule has 1 spiro atoms. The standard InChI is InChI=1S/C17H19N3O3/c21-14(13-7-3-5-11-4-1-2-6-12(11)13)20-9-8-17(10-20)15(22)18-16(23)19-17/h1-2,4,6,13H,3,5,7-10H2,(H2,18,19,22,23)/t13-,17?/m0/s1. The van der Waals surface area contributed by atoms with Crippen molar-refractivity contribution < 1.29 is 14.4 Å². The number of hydrogen-bond donors (Lipinski definition) is 2. The minimum Gasteiger partial charge on any atom is -0.339 e. The first-order valence-electron chi connectivity index (χ1n) is 8.09. The number of hydrogen-bond acceptors (Lipinski definition) is 3. The van der Waals surface area contributed by atoms with Gasteiger partial charge in [0.1, 0.15) is 5.54 Å². The van der Waals surface area contributed by atoms with Gasteiger partial charge in [0.05, 0.1) is 12.5 Å². The van der Waals surface area contributed by atoms with Crippen LogP contribution in [0, 0.1) is 0 Å². The molecule has 4 amide bonds. The Kier molecular flexibility index (Phi) is 3.14. The number of urea groups is 1. The van der Waals surface area contributed by atoms with Crippen LogP contribution < -0.4 is 10.6 Å². The topological polar surface area (TPSA) is 78.5 Å². The van der Waals surface area contributed by atoms with Gasteiger partial charge in [-0.3, -0.25) is 14.9 Å². The molecule has 2 atom stereocenters. The molecule has 6 nitrogen and oxygen atoms in total. The van der Waals surface area contributed by atoms with Gasteiger partial charge < -0.3 is 10.2 Å². The summed E-state index contributed by atoms with van der Waals surface area (Å²) in [6.07, 6.45) is 3.34. The van der Waals surface area contributed by atoms with Crippen LogP contribution in [0.1, 0.15) is 36.3 Å². The van der Waals surface area contributed by atoms with Gasteiger partial charge in [-0.1, -0.05) is 24.3 Å². The van der Waals surface area contributed by atoms with Crippen LogP contribution in [0.2, 0.25) is 0 Å². The number of likely N-dealkylation sites (tertiary alicyclic amines) is 1. The largest absolute Gasteiger partial charge is 0.339 e. The summed E-state index contributed by atoms with van der Waals surface area (Å²) in [6, 6.07) is 7.64. The third kappa shape index (κ3) is 2.20. The van der Waals surface area contributed by atoms with Crippen LogP contribution in [0.3, 0.4) is 0 Å². The second-order valence-electron chi connectivity index (χ2n) is 6.64. The number of nitrogens with zero attached hydrogens (tertiary/aromatic N) is 1. The van der Waals surface area contributed by atoms with E-state index in [0.717, 1.165) is 24.8 Å². The molecule has 1 aliphatic carbocycles. The van der Waals surface area contributed by atoms with Crippen molar-refractivity contribution in [3.63, 3.8) is 0 Å². The van der Waals surface area contributed by atoms with Gasteiger partial charge in [0.25, 0.3) is 5.91 Å². The van der Waals surface area contributed by atoms with E-state index in [1.165, 1.54) is 5.56 Å². The molecule has 6 heteroatoms. The van der Waals surface area contributed by atoms with E-state index >= 15 is 0 Å². The second kappa shape index (κ2) is 5.08. The van der Waals surface area contributed by atoms with E-state index in [4.69, 9.17) is 0 Å². The zero-order valence-corrected chi connectivity index (χ0v) is 12.8. The Labute approximate surface area is 134 Å². The first-order chi connectivity index (χ1) is 11.1. The maximum absolute atomic E-state index is 13.0. The molecule has 3 aliphatic rings. The van der Waals surface area contributed by atoms with E-state index in [1.54, 1.807) is 4.90 Å². The molecule has 1 aromatic rings. The molecule has 1 unspecified atom stereocenters. The summed E-state index contributed by atoms with van der Waals surface area (Å²) in [5.74, 6) is -0.375. The quantitative estimate of drug-likeness (QED) is 0.757. The van der Waals surface area contributed by atoms with Gasteiger partial charge in [0.2, 0.25) is 5.91 Å². The number of amides is 4. The summed E-state index contributed by atoms with van der Waals surface area (Å²) in [7, 11) is 0. The van der Waals surface area contributed by atoms with Crippen LogP contribution >= 0.6 is 0 Å². The molecule has 0 bridgehead atoms. The highest BCUT2D eigenvalue weighted by Gasteiger charge is 2.52. The van der Waals surface area contributed by atoms with Crippen molar-refractivity contribution in [2.45, 2.75) is 37.1 Å². The Hall–Kier alpha value is -2.37.